The van der Waals surface area contributed by atoms with Crippen molar-refractivity contribution in [2.45, 2.75) is 37.5 Å². The summed E-state index contributed by atoms with van der Waals surface area (Å²) < 4.78 is 10.5. The van der Waals surface area contributed by atoms with Gasteiger partial charge in [0.05, 0.1) is 20.3 Å². The Morgan fingerprint density at radius 2 is 1.46 bits per heavy atom. The summed E-state index contributed by atoms with van der Waals surface area (Å²) in [6, 6.07) is 17.7. The van der Waals surface area contributed by atoms with Crippen LogP contribution in [0.5, 0.6) is 11.5 Å². The first-order valence-electron chi connectivity index (χ1n) is 9.23. The van der Waals surface area contributed by atoms with Gasteiger partial charge < -0.3 is 9.47 Å². The number of carbonyl (C=O) groups is 1. The molecule has 148 valence electrons. The number of nitriles is 1. The highest BCUT2D eigenvalue weighted by atomic mass is 16.5. The first-order valence-corrected chi connectivity index (χ1v) is 9.23. The van der Waals surface area contributed by atoms with E-state index in [2.05, 4.69) is 6.07 Å². The molecule has 6 heteroatoms. The zero-order valence-corrected chi connectivity index (χ0v) is 16.3. The molecule has 0 unspecified atom stereocenters. The molecule has 2 rings (SSSR count). The zero-order valence-electron chi connectivity index (χ0n) is 16.3. The van der Waals surface area contributed by atoms with Crippen LogP contribution in [-0.2, 0) is 10.2 Å². The van der Waals surface area contributed by atoms with Gasteiger partial charge in [0.15, 0.2) is 0 Å². The van der Waals surface area contributed by atoms with Crippen LogP contribution in [0, 0.1) is 11.3 Å². The van der Waals surface area contributed by atoms with Gasteiger partial charge >= 0.3 is 0 Å². The number of carbonyl (C=O) groups excluding carboxylic acids is 1. The molecule has 0 heterocycles. The fourth-order valence-corrected chi connectivity index (χ4v) is 3.30. The van der Waals surface area contributed by atoms with Crippen LogP contribution in [0.1, 0.15) is 43.2 Å². The highest BCUT2D eigenvalue weighted by Crippen LogP contribution is 2.38. The van der Waals surface area contributed by atoms with Crippen LogP contribution in [-0.4, -0.2) is 25.3 Å². The molecule has 0 spiro atoms. The van der Waals surface area contributed by atoms with Crippen LogP contribution >= 0.6 is 0 Å². The monoisotopic (exact) mass is 382 g/mol. The number of benzene rings is 2. The van der Waals surface area contributed by atoms with E-state index < -0.39 is 11.3 Å². The SMILES string of the molecule is COc1ccc(C(C#N)(CCCCCC(=O)NO)c2ccc(OC)cc2)cc1. The molecule has 2 aromatic rings. The van der Waals surface area contributed by atoms with E-state index in [-0.39, 0.29) is 6.42 Å². The van der Waals surface area contributed by atoms with Gasteiger partial charge in [-0.3, -0.25) is 10.0 Å². The second-order valence-corrected chi connectivity index (χ2v) is 6.57. The topological polar surface area (TPSA) is 91.6 Å². The molecule has 0 aliphatic rings. The lowest BCUT2D eigenvalue weighted by Crippen LogP contribution is -2.26. The van der Waals surface area contributed by atoms with E-state index in [4.69, 9.17) is 14.7 Å². The third-order valence-corrected chi connectivity index (χ3v) is 4.94. The minimum Gasteiger partial charge on any atom is -0.497 e. The number of unbranched alkanes of at least 4 members (excludes halogenated alkanes) is 2. The Morgan fingerprint density at radius 1 is 0.964 bits per heavy atom. The molecular weight excluding hydrogens is 356 g/mol. The third kappa shape index (κ3) is 5.02. The van der Waals surface area contributed by atoms with Gasteiger partial charge in [0.2, 0.25) is 5.91 Å². The highest BCUT2D eigenvalue weighted by Gasteiger charge is 2.34. The van der Waals surface area contributed by atoms with Crippen molar-refractivity contribution in [1.29, 1.82) is 5.26 Å². The molecular formula is C22H26N2O4. The molecule has 0 aliphatic carbocycles. The smallest absolute Gasteiger partial charge is 0.243 e. The van der Waals surface area contributed by atoms with Crippen LogP contribution in [0.15, 0.2) is 48.5 Å². The molecule has 0 fully saturated rings. The van der Waals surface area contributed by atoms with Crippen molar-refractivity contribution in [3.05, 3.63) is 59.7 Å². The van der Waals surface area contributed by atoms with Crippen LogP contribution in [0.3, 0.4) is 0 Å². The van der Waals surface area contributed by atoms with Gasteiger partial charge in [-0.2, -0.15) is 5.26 Å². The summed E-state index contributed by atoms with van der Waals surface area (Å²) in [5.41, 5.74) is 2.63. The van der Waals surface area contributed by atoms with Gasteiger partial charge in [-0.15, -0.1) is 0 Å². The molecule has 0 saturated carbocycles. The normalized spacial score (nSPS) is 10.8. The number of methoxy groups -OCH3 is 2. The Labute approximate surface area is 165 Å². The molecule has 0 saturated heterocycles. The summed E-state index contributed by atoms with van der Waals surface area (Å²) >= 11 is 0. The van der Waals surface area contributed by atoms with Crippen LogP contribution in [0.2, 0.25) is 0 Å². The predicted octanol–water partition coefficient (Wildman–Crippen LogP) is 3.97. The van der Waals surface area contributed by atoms with Crippen molar-refractivity contribution < 1.29 is 19.5 Å². The summed E-state index contributed by atoms with van der Waals surface area (Å²) in [5, 5.41) is 18.8. The van der Waals surface area contributed by atoms with Crippen molar-refractivity contribution in [2.24, 2.45) is 0 Å². The minimum absolute atomic E-state index is 0.265. The molecule has 2 aromatic carbocycles. The molecule has 2 N–H and O–H groups in total. The number of hydrogen-bond acceptors (Lipinski definition) is 5. The maximum Gasteiger partial charge on any atom is 0.243 e. The van der Waals surface area contributed by atoms with E-state index in [0.29, 0.717) is 12.8 Å². The largest absolute Gasteiger partial charge is 0.497 e. The molecule has 1 amide bonds. The molecule has 0 radical (unpaired) electrons. The number of nitrogens with zero attached hydrogens (tertiary/aromatic N) is 1. The van der Waals surface area contributed by atoms with Gasteiger partial charge in [-0.1, -0.05) is 37.1 Å². The van der Waals surface area contributed by atoms with Gasteiger partial charge in [0.1, 0.15) is 16.9 Å². The molecule has 6 nitrogen and oxygen atoms in total. The maximum absolute atomic E-state index is 11.2. The van der Waals surface area contributed by atoms with Gasteiger partial charge in [0.25, 0.3) is 0 Å². The highest BCUT2D eigenvalue weighted by molar-refractivity contribution is 5.74. The number of hydroxylamine groups is 1. The second kappa shape index (κ2) is 10.3. The van der Waals surface area contributed by atoms with Crippen molar-refractivity contribution in [2.75, 3.05) is 14.2 Å². The average Bonchev–Trinajstić information content (AvgIpc) is 2.76. The number of amides is 1. The van der Waals surface area contributed by atoms with Gasteiger partial charge in [0, 0.05) is 6.42 Å². The first-order chi connectivity index (χ1) is 13.6. The standard InChI is InChI=1S/C22H26N2O4/c1-27-19-11-7-17(8-12-19)22(16-23,15-5-3-4-6-21(25)24-26)18-9-13-20(28-2)14-10-18/h7-14,26H,3-6,15H2,1-2H3,(H,24,25). The van der Waals surface area contributed by atoms with Crippen molar-refractivity contribution in [3.8, 4) is 17.6 Å². The van der Waals surface area contributed by atoms with E-state index in [1.165, 1.54) is 0 Å². The van der Waals surface area contributed by atoms with E-state index in [1.807, 2.05) is 48.5 Å². The van der Waals surface area contributed by atoms with Gasteiger partial charge in [-0.05, 0) is 48.2 Å². The number of rotatable bonds is 10. The van der Waals surface area contributed by atoms with E-state index in [0.717, 1.165) is 35.5 Å². The summed E-state index contributed by atoms with van der Waals surface area (Å²) in [6.45, 7) is 0. The van der Waals surface area contributed by atoms with Crippen molar-refractivity contribution >= 4 is 5.91 Å². The van der Waals surface area contributed by atoms with E-state index in [9.17, 15) is 10.1 Å². The van der Waals surface area contributed by atoms with E-state index >= 15 is 0 Å². The molecule has 0 atom stereocenters. The number of hydrogen-bond donors (Lipinski definition) is 2. The van der Waals surface area contributed by atoms with Crippen molar-refractivity contribution in [3.63, 3.8) is 0 Å². The Balaban J connectivity index is 2.27. The van der Waals surface area contributed by atoms with Crippen LogP contribution in [0.4, 0.5) is 0 Å². The Kier molecular flexibility index (Phi) is 7.85. The Morgan fingerprint density at radius 3 is 1.86 bits per heavy atom. The lowest BCUT2D eigenvalue weighted by Gasteiger charge is -2.28. The lowest BCUT2D eigenvalue weighted by molar-refractivity contribution is -0.129. The van der Waals surface area contributed by atoms with Crippen LogP contribution < -0.4 is 15.0 Å². The Hall–Kier alpha value is -3.04. The quantitative estimate of drug-likeness (QED) is 0.369. The zero-order chi connectivity index (χ0) is 20.4. The predicted molar refractivity (Wildman–Crippen MR) is 105 cm³/mol. The second-order valence-electron chi connectivity index (χ2n) is 6.57. The summed E-state index contributed by atoms with van der Waals surface area (Å²) in [7, 11) is 3.22. The Bertz CT molecular complexity index is 747. The fourth-order valence-electron chi connectivity index (χ4n) is 3.30. The summed E-state index contributed by atoms with van der Waals surface area (Å²) in [5.74, 6) is 1.08. The molecule has 28 heavy (non-hydrogen) atoms. The first kappa shape index (κ1) is 21.3. The fraction of sp³-hybridized carbons (Fsp3) is 0.364. The molecule has 0 aromatic heterocycles. The summed E-state index contributed by atoms with van der Waals surface area (Å²) in [4.78, 5) is 11.2. The summed E-state index contributed by atoms with van der Waals surface area (Å²) in [6.07, 6.45) is 3.08. The maximum atomic E-state index is 11.2. The molecule has 0 aliphatic heterocycles. The van der Waals surface area contributed by atoms with Gasteiger partial charge in [-0.25, -0.2) is 5.48 Å². The molecule has 0 bridgehead atoms. The van der Waals surface area contributed by atoms with E-state index in [1.54, 1.807) is 19.7 Å². The average molecular weight is 382 g/mol. The number of nitrogens with one attached hydrogen (secondary N) is 1. The lowest BCUT2D eigenvalue weighted by atomic mass is 9.72. The van der Waals surface area contributed by atoms with Crippen molar-refractivity contribution in [1.82, 2.24) is 5.48 Å². The van der Waals surface area contributed by atoms with Crippen LogP contribution in [0.25, 0.3) is 0 Å². The third-order valence-electron chi connectivity index (χ3n) is 4.94. The minimum atomic E-state index is -0.808. The number of ether oxygens (including phenoxy) is 2.